The quantitative estimate of drug-likeness (QED) is 0.375. The second-order valence-electron chi connectivity index (χ2n) is 2.72. The van der Waals surface area contributed by atoms with Crippen LogP contribution in [0.5, 0.6) is 0 Å². The number of benzene rings is 1. The third-order valence-electron chi connectivity index (χ3n) is 1.84. The second-order valence-corrected chi connectivity index (χ2v) is 5.96. The topological polar surface area (TPSA) is 81.1 Å². The molecule has 82 valence electrons. The molecule has 1 aromatic carbocycles. The Hall–Kier alpha value is 0.480. The van der Waals surface area contributed by atoms with Crippen LogP contribution in [-0.4, -0.2) is 13.0 Å². The molecule has 1 amide bonds. The van der Waals surface area contributed by atoms with Gasteiger partial charge in [-0.15, -0.1) is 0 Å². The van der Waals surface area contributed by atoms with E-state index in [4.69, 9.17) is 11.5 Å². The van der Waals surface area contributed by atoms with Crippen LogP contribution in [0, 0.1) is 10.7 Å². The minimum Gasteiger partial charge on any atom is -0.397 e. The number of carbonyl (C=O) groups excluding carboxylic acids is 1. The number of halogens is 3. The normalized spacial score (nSPS) is 10.1. The number of anilines is 2. The molecule has 7 heteroatoms. The maximum absolute atomic E-state index is 11.6. The molecule has 0 aliphatic heterocycles. The van der Waals surface area contributed by atoms with Gasteiger partial charge in [0.25, 0.3) is 5.91 Å². The molecule has 4 nitrogen and oxygen atoms in total. The minimum absolute atomic E-state index is 0.168. The van der Waals surface area contributed by atoms with Crippen molar-refractivity contribution in [2.75, 3.05) is 18.5 Å². The van der Waals surface area contributed by atoms with Crippen LogP contribution in [0.4, 0.5) is 11.4 Å². The Morgan fingerprint density at radius 2 is 1.47 bits per heavy atom. The Balaban J connectivity index is 3.60. The third-order valence-corrected chi connectivity index (χ3v) is 5.24. The first-order chi connectivity index (χ1) is 6.91. The first-order valence-corrected chi connectivity index (χ1v) is 7.08. The molecular weight excluding hydrogens is 535 g/mol. The fourth-order valence-electron chi connectivity index (χ4n) is 1.03. The Morgan fingerprint density at radius 3 is 1.80 bits per heavy atom. The summed E-state index contributed by atoms with van der Waals surface area (Å²) in [6, 6.07) is 0. The van der Waals surface area contributed by atoms with Crippen LogP contribution < -0.4 is 16.8 Å². The number of nitrogens with one attached hydrogen (secondary N) is 1. The van der Waals surface area contributed by atoms with Gasteiger partial charge in [-0.1, -0.05) is 0 Å². The lowest BCUT2D eigenvalue weighted by molar-refractivity contribution is 0.0961. The van der Waals surface area contributed by atoms with Gasteiger partial charge in [-0.3, -0.25) is 4.79 Å². The summed E-state index contributed by atoms with van der Waals surface area (Å²) in [5.74, 6) is -0.168. The molecule has 0 heterocycles. The largest absolute Gasteiger partial charge is 0.397 e. The average molecular weight is 543 g/mol. The molecule has 0 atom stereocenters. The van der Waals surface area contributed by atoms with E-state index in [9.17, 15) is 4.79 Å². The molecule has 5 N–H and O–H groups in total. The molecule has 0 unspecified atom stereocenters. The summed E-state index contributed by atoms with van der Waals surface area (Å²) in [7, 11) is 1.58. The van der Waals surface area contributed by atoms with Crippen LogP contribution in [0.25, 0.3) is 0 Å². The summed E-state index contributed by atoms with van der Waals surface area (Å²) in [6.07, 6.45) is 0. The third kappa shape index (κ3) is 2.43. The van der Waals surface area contributed by atoms with Gasteiger partial charge in [-0.2, -0.15) is 0 Å². The molecular formula is C8H8I3N3O. The molecule has 0 fully saturated rings. The van der Waals surface area contributed by atoms with E-state index in [2.05, 4.69) is 73.1 Å². The maximum Gasteiger partial charge on any atom is 0.253 e. The zero-order valence-electron chi connectivity index (χ0n) is 7.70. The predicted octanol–water partition coefficient (Wildman–Crippen LogP) is 2.02. The average Bonchev–Trinajstić information content (AvgIpc) is 2.23. The molecule has 0 spiro atoms. The van der Waals surface area contributed by atoms with E-state index in [-0.39, 0.29) is 5.91 Å². The van der Waals surface area contributed by atoms with Crippen molar-refractivity contribution in [3.8, 4) is 0 Å². The molecule has 0 saturated heterocycles. The van der Waals surface area contributed by atoms with Crippen LogP contribution >= 0.6 is 67.8 Å². The van der Waals surface area contributed by atoms with Crippen molar-refractivity contribution in [3.05, 3.63) is 16.3 Å². The Labute approximate surface area is 128 Å². The molecule has 0 radical (unpaired) electrons. The van der Waals surface area contributed by atoms with Crippen molar-refractivity contribution < 1.29 is 4.79 Å². The number of nitrogens with two attached hydrogens (primary N) is 2. The number of hydrogen-bond acceptors (Lipinski definition) is 3. The van der Waals surface area contributed by atoms with E-state index >= 15 is 0 Å². The van der Waals surface area contributed by atoms with E-state index in [1.807, 2.05) is 0 Å². The number of carbonyl (C=O) groups is 1. The summed E-state index contributed by atoms with van der Waals surface area (Å²) in [5, 5.41) is 2.57. The van der Waals surface area contributed by atoms with Crippen LogP contribution in [0.3, 0.4) is 0 Å². The highest BCUT2D eigenvalue weighted by molar-refractivity contribution is 14.1. The van der Waals surface area contributed by atoms with Gasteiger partial charge in [0, 0.05) is 7.05 Å². The second kappa shape index (κ2) is 5.21. The van der Waals surface area contributed by atoms with Crippen molar-refractivity contribution >= 4 is 85.1 Å². The molecule has 0 aliphatic rings. The smallest absolute Gasteiger partial charge is 0.253 e. The first kappa shape index (κ1) is 13.5. The van der Waals surface area contributed by atoms with Crippen molar-refractivity contribution in [2.45, 2.75) is 0 Å². The highest BCUT2D eigenvalue weighted by Gasteiger charge is 2.20. The zero-order valence-corrected chi connectivity index (χ0v) is 14.2. The van der Waals surface area contributed by atoms with Crippen molar-refractivity contribution in [1.82, 2.24) is 5.32 Å². The van der Waals surface area contributed by atoms with Gasteiger partial charge < -0.3 is 16.8 Å². The summed E-state index contributed by atoms with van der Waals surface area (Å²) in [4.78, 5) is 11.6. The Kier molecular flexibility index (Phi) is 4.70. The lowest BCUT2D eigenvalue weighted by atomic mass is 10.1. The molecule has 0 aromatic heterocycles. The Morgan fingerprint density at radius 1 is 1.07 bits per heavy atom. The number of nitrogen functional groups attached to an aromatic ring is 2. The van der Waals surface area contributed by atoms with E-state index in [1.165, 1.54) is 0 Å². The fraction of sp³-hybridized carbons (Fsp3) is 0.125. The van der Waals surface area contributed by atoms with Crippen LogP contribution in [0.1, 0.15) is 10.4 Å². The lowest BCUT2D eigenvalue weighted by Crippen LogP contribution is -2.22. The van der Waals surface area contributed by atoms with Gasteiger partial charge in [-0.05, 0) is 67.8 Å². The summed E-state index contributed by atoms with van der Waals surface area (Å²) in [5.41, 5.74) is 13.4. The van der Waals surface area contributed by atoms with Crippen molar-refractivity contribution in [3.63, 3.8) is 0 Å². The van der Waals surface area contributed by atoms with E-state index in [1.54, 1.807) is 7.05 Å². The number of amides is 1. The Bertz CT molecular complexity index is 405. The van der Waals surface area contributed by atoms with Crippen molar-refractivity contribution in [2.24, 2.45) is 0 Å². The van der Waals surface area contributed by atoms with E-state index < -0.39 is 0 Å². The number of hydrogen-bond donors (Lipinski definition) is 3. The van der Waals surface area contributed by atoms with Crippen molar-refractivity contribution in [1.29, 1.82) is 0 Å². The highest BCUT2D eigenvalue weighted by atomic mass is 127. The van der Waals surface area contributed by atoms with Gasteiger partial charge in [0.05, 0.1) is 27.6 Å². The fourth-order valence-corrected chi connectivity index (χ4v) is 4.68. The van der Waals surface area contributed by atoms with Gasteiger partial charge in [0.15, 0.2) is 0 Å². The zero-order chi connectivity index (χ0) is 11.7. The summed E-state index contributed by atoms with van der Waals surface area (Å²) >= 11 is 6.20. The molecule has 1 aromatic rings. The highest BCUT2D eigenvalue weighted by Crippen LogP contribution is 2.35. The predicted molar refractivity (Wildman–Crippen MR) is 86.8 cm³/mol. The molecule has 15 heavy (non-hydrogen) atoms. The van der Waals surface area contributed by atoms with Crippen LogP contribution in [0.15, 0.2) is 0 Å². The van der Waals surface area contributed by atoms with Gasteiger partial charge in [-0.25, -0.2) is 0 Å². The standard InChI is InChI=1S/C8H8I3N3O/c1-14-8(15)2-3(9)6(12)5(11)7(13)4(2)10/h12-13H2,1H3,(H,14,15). The maximum atomic E-state index is 11.6. The van der Waals surface area contributed by atoms with Crippen LogP contribution in [0.2, 0.25) is 0 Å². The summed E-state index contributed by atoms with van der Waals surface area (Å²) < 4.78 is 2.29. The van der Waals surface area contributed by atoms with Crippen LogP contribution in [-0.2, 0) is 0 Å². The minimum atomic E-state index is -0.168. The monoisotopic (exact) mass is 543 g/mol. The lowest BCUT2D eigenvalue weighted by Gasteiger charge is -2.13. The summed E-state index contributed by atoms with van der Waals surface area (Å²) in [6.45, 7) is 0. The van der Waals surface area contributed by atoms with E-state index in [0.29, 0.717) is 16.9 Å². The number of rotatable bonds is 1. The molecule has 0 bridgehead atoms. The molecule has 0 aliphatic carbocycles. The van der Waals surface area contributed by atoms with Gasteiger partial charge >= 0.3 is 0 Å². The van der Waals surface area contributed by atoms with Gasteiger partial charge in [0.2, 0.25) is 0 Å². The molecule has 1 rings (SSSR count). The SMILES string of the molecule is CNC(=O)c1c(I)c(N)c(I)c(N)c1I. The molecule has 0 saturated carbocycles. The first-order valence-electron chi connectivity index (χ1n) is 3.85. The van der Waals surface area contributed by atoms with E-state index in [0.717, 1.165) is 10.7 Å². The van der Waals surface area contributed by atoms with Gasteiger partial charge in [0.1, 0.15) is 0 Å².